The zero-order valence-electron chi connectivity index (χ0n) is 15.2. The quantitative estimate of drug-likeness (QED) is 0.361. The maximum absolute atomic E-state index is 12.0. The number of nitrogens with zero attached hydrogens (tertiary/aromatic N) is 3. The van der Waals surface area contributed by atoms with Gasteiger partial charge in [0.15, 0.2) is 0 Å². The van der Waals surface area contributed by atoms with Gasteiger partial charge in [0.2, 0.25) is 5.95 Å². The first kappa shape index (κ1) is 20.5. The van der Waals surface area contributed by atoms with E-state index in [1.165, 1.54) is 11.5 Å². The minimum Gasteiger partial charge on any atom is -0.465 e. The highest BCUT2D eigenvalue weighted by Crippen LogP contribution is 2.32. The number of methoxy groups -OCH3 is 1. The Hall–Kier alpha value is -1.86. The third-order valence-electron chi connectivity index (χ3n) is 4.10. The number of benzene rings is 1. The molecule has 0 amide bonds. The van der Waals surface area contributed by atoms with Gasteiger partial charge in [-0.15, -0.1) is 0 Å². The van der Waals surface area contributed by atoms with E-state index in [1.807, 2.05) is 6.92 Å². The maximum Gasteiger partial charge on any atom is 0.340 e. The van der Waals surface area contributed by atoms with Gasteiger partial charge in [-0.3, -0.25) is 0 Å². The molecule has 6 nitrogen and oxygen atoms in total. The minimum absolute atomic E-state index is 0.258. The normalized spacial score (nSPS) is 10.7. The second kappa shape index (κ2) is 9.19. The van der Waals surface area contributed by atoms with Crippen LogP contribution in [0.15, 0.2) is 28.9 Å². The molecule has 0 spiro atoms. The van der Waals surface area contributed by atoms with Crippen molar-refractivity contribution in [2.24, 2.45) is 0 Å². The molecule has 0 aliphatic heterocycles. The Balaban J connectivity index is 2.46. The summed E-state index contributed by atoms with van der Waals surface area (Å²) in [5.41, 5.74) is 1.68. The first-order valence-corrected chi connectivity index (χ1v) is 9.49. The van der Waals surface area contributed by atoms with Crippen molar-refractivity contribution in [1.82, 2.24) is 9.97 Å². The third-order valence-corrected chi connectivity index (χ3v) is 5.20. The number of carbonyl (C=O) groups is 1. The Morgan fingerprint density at radius 2 is 1.96 bits per heavy atom. The molecule has 0 saturated heterocycles. The molecule has 2 aromatic rings. The van der Waals surface area contributed by atoms with E-state index in [0.29, 0.717) is 27.7 Å². The molecule has 26 heavy (non-hydrogen) atoms. The molecule has 140 valence electrons. The van der Waals surface area contributed by atoms with Crippen molar-refractivity contribution >= 4 is 51.1 Å². The highest BCUT2D eigenvalue weighted by molar-refractivity contribution is 9.10. The number of hydrogen-bond acceptors (Lipinski definition) is 6. The Kier molecular flexibility index (Phi) is 7.23. The molecule has 2 rings (SSSR count). The number of hydrogen-bond donors (Lipinski definition) is 1. The molecule has 0 fully saturated rings. The summed E-state index contributed by atoms with van der Waals surface area (Å²) in [6.07, 6.45) is 1.95. The van der Waals surface area contributed by atoms with E-state index in [2.05, 4.69) is 45.1 Å². The summed E-state index contributed by atoms with van der Waals surface area (Å²) in [5, 5.41) is 3.42. The number of halogens is 2. The molecule has 0 bridgehead atoms. The fraction of sp³-hybridized carbons (Fsp3) is 0.389. The third kappa shape index (κ3) is 4.45. The summed E-state index contributed by atoms with van der Waals surface area (Å²) >= 11 is 9.95. The lowest BCUT2D eigenvalue weighted by atomic mass is 10.1. The zero-order chi connectivity index (χ0) is 19.3. The van der Waals surface area contributed by atoms with Crippen molar-refractivity contribution in [1.29, 1.82) is 0 Å². The predicted octanol–water partition coefficient (Wildman–Crippen LogP) is 5.23. The summed E-state index contributed by atoms with van der Waals surface area (Å²) in [6.45, 7) is 6.17. The van der Waals surface area contributed by atoms with Crippen LogP contribution in [-0.2, 0) is 4.74 Å². The van der Waals surface area contributed by atoms with Crippen LogP contribution in [0.4, 0.5) is 17.5 Å². The lowest BCUT2D eigenvalue weighted by Crippen LogP contribution is -2.20. The van der Waals surface area contributed by atoms with Crippen molar-refractivity contribution in [3.05, 3.63) is 40.0 Å². The summed E-state index contributed by atoms with van der Waals surface area (Å²) in [4.78, 5) is 21.0. The number of anilines is 3. The molecule has 1 heterocycles. The van der Waals surface area contributed by atoms with Gasteiger partial charge in [0.25, 0.3) is 0 Å². The van der Waals surface area contributed by atoms with Crippen molar-refractivity contribution in [2.45, 2.75) is 39.7 Å². The number of rotatable bonds is 7. The number of para-hydroxylation sites is 1. The van der Waals surface area contributed by atoms with E-state index in [-0.39, 0.29) is 5.95 Å². The van der Waals surface area contributed by atoms with Gasteiger partial charge < -0.3 is 10.1 Å². The summed E-state index contributed by atoms with van der Waals surface area (Å²) in [7, 11) is 1.33. The molecule has 1 N–H and O–H groups in total. The van der Waals surface area contributed by atoms with E-state index in [9.17, 15) is 4.79 Å². The van der Waals surface area contributed by atoms with Crippen molar-refractivity contribution in [3.63, 3.8) is 0 Å². The molecule has 0 aliphatic rings. The van der Waals surface area contributed by atoms with Crippen LogP contribution in [0.1, 0.15) is 42.6 Å². The maximum atomic E-state index is 12.0. The Bertz CT molecular complexity index is 784. The van der Waals surface area contributed by atoms with Crippen LogP contribution in [0.2, 0.25) is 0 Å². The first-order chi connectivity index (χ1) is 12.4. The molecule has 0 aliphatic carbocycles. The number of ether oxygens (including phenoxy) is 1. The largest absolute Gasteiger partial charge is 0.465 e. The molecular weight excluding hydrogens is 420 g/mol. The number of nitrogens with one attached hydrogen (secondary N) is 1. The average Bonchev–Trinajstić information content (AvgIpc) is 2.67. The topological polar surface area (TPSA) is 67.4 Å². The van der Waals surface area contributed by atoms with Gasteiger partial charge in [0.1, 0.15) is 10.4 Å². The molecule has 1 aromatic carbocycles. The Morgan fingerprint density at radius 1 is 1.31 bits per heavy atom. The van der Waals surface area contributed by atoms with E-state index >= 15 is 0 Å². The molecular formula is C18H22BrClN4O2. The lowest BCUT2D eigenvalue weighted by Gasteiger charge is -2.21. The highest BCUT2D eigenvalue weighted by atomic mass is 79.9. The molecule has 0 atom stereocenters. The van der Waals surface area contributed by atoms with Crippen LogP contribution in [0, 0.1) is 6.92 Å². The zero-order valence-corrected chi connectivity index (χ0v) is 17.6. The van der Waals surface area contributed by atoms with Gasteiger partial charge in [-0.25, -0.2) is 14.2 Å². The van der Waals surface area contributed by atoms with Crippen molar-refractivity contribution in [2.75, 3.05) is 16.8 Å². The summed E-state index contributed by atoms with van der Waals surface area (Å²) in [6, 6.07) is 7.18. The van der Waals surface area contributed by atoms with Crippen molar-refractivity contribution in [3.8, 4) is 0 Å². The van der Waals surface area contributed by atoms with Crippen LogP contribution in [0.5, 0.6) is 0 Å². The molecule has 1 aromatic heterocycles. The van der Waals surface area contributed by atoms with Crippen LogP contribution in [0.3, 0.4) is 0 Å². The second-order valence-corrected chi connectivity index (χ2v) is 6.82. The Morgan fingerprint density at radius 3 is 2.58 bits per heavy atom. The van der Waals surface area contributed by atoms with Gasteiger partial charge >= 0.3 is 5.97 Å². The van der Waals surface area contributed by atoms with Gasteiger partial charge in [0, 0.05) is 23.4 Å². The van der Waals surface area contributed by atoms with Gasteiger partial charge in [-0.05, 0) is 47.8 Å². The highest BCUT2D eigenvalue weighted by Gasteiger charge is 2.21. The van der Waals surface area contributed by atoms with E-state index in [0.717, 1.165) is 18.4 Å². The summed E-state index contributed by atoms with van der Waals surface area (Å²) < 4.78 is 6.72. The van der Waals surface area contributed by atoms with Crippen LogP contribution in [0.25, 0.3) is 0 Å². The van der Waals surface area contributed by atoms with Gasteiger partial charge in [-0.1, -0.05) is 26.0 Å². The summed E-state index contributed by atoms with van der Waals surface area (Å²) in [5.74, 6) is 0.485. The van der Waals surface area contributed by atoms with Gasteiger partial charge in [0.05, 0.1) is 18.4 Å². The first-order valence-electron chi connectivity index (χ1n) is 8.36. The SMILES string of the molecule is CCC(CC)Nc1nc(N(Cl)c2ccccc2C(=O)OC)nc(Br)c1C. The van der Waals surface area contributed by atoms with E-state index < -0.39 is 5.97 Å². The lowest BCUT2D eigenvalue weighted by molar-refractivity contribution is 0.0601. The van der Waals surface area contributed by atoms with Gasteiger partial charge in [-0.2, -0.15) is 4.98 Å². The van der Waals surface area contributed by atoms with Crippen LogP contribution < -0.4 is 9.74 Å². The van der Waals surface area contributed by atoms with Crippen LogP contribution in [-0.4, -0.2) is 29.1 Å². The standard InChI is InChI=1S/C18H22BrClN4O2/c1-5-12(6-2)21-16-11(3)15(19)22-18(23-16)24(20)14-10-8-7-9-13(14)17(25)26-4/h7-10,12H,5-6H2,1-4H3,(H,21,22,23). The molecule has 8 heteroatoms. The predicted molar refractivity (Wildman–Crippen MR) is 108 cm³/mol. The second-order valence-electron chi connectivity index (χ2n) is 5.74. The number of carbonyl (C=O) groups excluding carboxylic acids is 1. The molecule has 0 unspecified atom stereocenters. The average molecular weight is 442 g/mol. The number of aromatic nitrogens is 2. The minimum atomic E-state index is -0.479. The molecule has 0 radical (unpaired) electrons. The fourth-order valence-corrected chi connectivity index (χ4v) is 3.00. The van der Waals surface area contributed by atoms with E-state index in [4.69, 9.17) is 16.5 Å². The molecule has 0 saturated carbocycles. The smallest absolute Gasteiger partial charge is 0.340 e. The van der Waals surface area contributed by atoms with E-state index in [1.54, 1.807) is 24.3 Å². The number of esters is 1. The van der Waals surface area contributed by atoms with Crippen molar-refractivity contribution < 1.29 is 9.53 Å². The monoisotopic (exact) mass is 440 g/mol. The fourth-order valence-electron chi connectivity index (χ4n) is 2.43. The Labute approximate surface area is 167 Å². The van der Waals surface area contributed by atoms with Crippen LogP contribution >= 0.6 is 27.7 Å².